The summed E-state index contributed by atoms with van der Waals surface area (Å²) in [5.74, 6) is -0.171. The Hall–Kier alpha value is -3.78. The highest BCUT2D eigenvalue weighted by Crippen LogP contribution is 2.35. The van der Waals surface area contributed by atoms with Gasteiger partial charge in [-0.05, 0) is 91.7 Å². The van der Waals surface area contributed by atoms with Crippen LogP contribution in [0.1, 0.15) is 51.6 Å². The molecular formula is C33H26ClNO4S2. The summed E-state index contributed by atoms with van der Waals surface area (Å²) in [5.41, 5.74) is 2.82. The van der Waals surface area contributed by atoms with E-state index in [4.69, 9.17) is 16.4 Å². The molecule has 0 N–H and O–H groups in total. The Labute approximate surface area is 251 Å². The molecule has 1 heterocycles. The van der Waals surface area contributed by atoms with Gasteiger partial charge in [0.15, 0.2) is 5.78 Å². The lowest BCUT2D eigenvalue weighted by Gasteiger charge is -2.07. The number of nitrogens with zero attached hydrogens (tertiary/aromatic N) is 1. The molecule has 0 fully saturated rings. The summed E-state index contributed by atoms with van der Waals surface area (Å²) in [6.45, 7) is 3.18. The Morgan fingerprint density at radius 1 is 0.878 bits per heavy atom. The smallest absolute Gasteiger partial charge is 0.318 e. The zero-order valence-corrected chi connectivity index (χ0v) is 24.9. The van der Waals surface area contributed by atoms with Crippen molar-refractivity contribution in [3.05, 3.63) is 112 Å². The molecule has 0 atom stereocenters. The maximum absolute atomic E-state index is 13.6. The molecule has 0 bridgehead atoms. The van der Waals surface area contributed by atoms with Gasteiger partial charge in [0, 0.05) is 53.7 Å². The van der Waals surface area contributed by atoms with E-state index in [2.05, 4.69) is 5.16 Å². The maximum atomic E-state index is 13.6. The molecule has 41 heavy (non-hydrogen) atoms. The molecule has 206 valence electrons. The summed E-state index contributed by atoms with van der Waals surface area (Å²) < 4.78 is 2.04. The number of rotatable bonds is 10. The zero-order chi connectivity index (χ0) is 28.9. The second-order valence-electron chi connectivity index (χ2n) is 9.52. The quantitative estimate of drug-likeness (QED) is 0.0400. The van der Waals surface area contributed by atoms with Crippen molar-refractivity contribution < 1.29 is 19.2 Å². The number of Topliss-reactive ketones (excluding diaryl/α,β-unsaturated/α-hetero) is 1. The van der Waals surface area contributed by atoms with Crippen molar-refractivity contribution >= 4 is 78.1 Å². The van der Waals surface area contributed by atoms with Gasteiger partial charge in [0.2, 0.25) is 5.78 Å². The molecule has 0 radical (unpaired) electrons. The van der Waals surface area contributed by atoms with Crippen molar-refractivity contribution in [2.45, 2.75) is 31.6 Å². The Morgan fingerprint density at radius 3 is 2.22 bits per heavy atom. The van der Waals surface area contributed by atoms with Crippen LogP contribution in [0.2, 0.25) is 5.02 Å². The lowest BCUT2D eigenvalue weighted by Crippen LogP contribution is -2.16. The number of fused-ring (bicyclic) bond motifs is 3. The van der Waals surface area contributed by atoms with Crippen molar-refractivity contribution in [3.63, 3.8) is 0 Å². The third-order valence-corrected chi connectivity index (χ3v) is 9.07. The van der Waals surface area contributed by atoms with Crippen molar-refractivity contribution in [1.82, 2.24) is 0 Å². The molecule has 0 aliphatic rings. The molecular weight excluding hydrogens is 574 g/mol. The van der Waals surface area contributed by atoms with Gasteiger partial charge in [0.25, 0.3) is 0 Å². The molecule has 8 heteroatoms. The van der Waals surface area contributed by atoms with Crippen molar-refractivity contribution in [2.24, 2.45) is 5.16 Å². The number of aryl methyl sites for hydroxylation is 1. The van der Waals surface area contributed by atoms with Crippen LogP contribution < -0.4 is 0 Å². The van der Waals surface area contributed by atoms with Crippen molar-refractivity contribution in [2.75, 3.05) is 5.75 Å². The van der Waals surface area contributed by atoms with Gasteiger partial charge in [-0.25, -0.2) is 4.79 Å². The van der Waals surface area contributed by atoms with E-state index in [1.807, 2.05) is 85.8 Å². The predicted molar refractivity (Wildman–Crippen MR) is 169 cm³/mol. The average molecular weight is 600 g/mol. The number of hydrogen-bond donors (Lipinski definition) is 0. The molecule has 5 aromatic rings. The van der Waals surface area contributed by atoms with Gasteiger partial charge in [-0.2, -0.15) is 0 Å². The maximum Gasteiger partial charge on any atom is 0.331 e. The Balaban J connectivity index is 1.40. The first kappa shape index (κ1) is 28.7. The van der Waals surface area contributed by atoms with Gasteiger partial charge in [0.1, 0.15) is 5.71 Å². The minimum atomic E-state index is -0.587. The molecule has 0 aliphatic heterocycles. The Kier molecular flexibility index (Phi) is 8.98. The van der Waals surface area contributed by atoms with Crippen LogP contribution in [0.4, 0.5) is 0 Å². The van der Waals surface area contributed by atoms with Gasteiger partial charge in [-0.1, -0.05) is 41.0 Å². The molecule has 4 aromatic carbocycles. The first-order valence-electron chi connectivity index (χ1n) is 13.0. The summed E-state index contributed by atoms with van der Waals surface area (Å²) >= 11 is 9.22. The van der Waals surface area contributed by atoms with Gasteiger partial charge in [0.05, 0.1) is 0 Å². The fraction of sp³-hybridized carbons (Fsp3) is 0.152. The highest BCUT2D eigenvalue weighted by Gasteiger charge is 2.19. The monoisotopic (exact) mass is 599 g/mol. The fourth-order valence-electron chi connectivity index (χ4n) is 4.49. The molecule has 0 unspecified atom stereocenters. The number of benzene rings is 4. The van der Waals surface area contributed by atoms with E-state index in [0.29, 0.717) is 34.6 Å². The first-order chi connectivity index (χ1) is 19.8. The number of ketones is 2. The first-order valence-corrected chi connectivity index (χ1v) is 15.2. The molecule has 0 spiro atoms. The lowest BCUT2D eigenvalue weighted by molar-refractivity contribution is -0.140. The van der Waals surface area contributed by atoms with Gasteiger partial charge in [-0.3, -0.25) is 9.59 Å². The summed E-state index contributed by atoms with van der Waals surface area (Å²) in [7, 11) is 0. The van der Waals surface area contributed by atoms with Crippen LogP contribution in [-0.4, -0.2) is 29.0 Å². The number of carbonyl (C=O) groups is 3. The minimum Gasteiger partial charge on any atom is -0.318 e. The van der Waals surface area contributed by atoms with E-state index in [1.54, 1.807) is 29.2 Å². The van der Waals surface area contributed by atoms with Crippen LogP contribution in [0.3, 0.4) is 0 Å². The number of hydrogen-bond acceptors (Lipinski definition) is 7. The number of carbonyl (C=O) groups excluding carboxylic acids is 3. The standard InChI is InChI=1S/C33H26ClNO4S2/c1-20-6-3-4-7-26(20)32(37)22-9-15-30-27(18-22)28-19-23(10-16-31(28)41-30)33(38)29(35-39-21(2)36)8-5-17-40-25-13-11-24(34)12-14-25/h3-4,6-7,9-16,18-19H,5,8,17H2,1-2H3/b35-29+. The van der Waals surface area contributed by atoms with Gasteiger partial charge >= 0.3 is 5.97 Å². The average Bonchev–Trinajstić information content (AvgIpc) is 3.34. The van der Waals surface area contributed by atoms with E-state index in [9.17, 15) is 14.4 Å². The van der Waals surface area contributed by atoms with Gasteiger partial charge < -0.3 is 4.84 Å². The number of halogens is 1. The van der Waals surface area contributed by atoms with E-state index in [0.717, 1.165) is 36.4 Å². The van der Waals surface area contributed by atoms with E-state index in [1.165, 1.54) is 6.92 Å². The largest absolute Gasteiger partial charge is 0.331 e. The summed E-state index contributed by atoms with van der Waals surface area (Å²) in [6.07, 6.45) is 1.01. The second kappa shape index (κ2) is 12.8. The summed E-state index contributed by atoms with van der Waals surface area (Å²) in [4.78, 5) is 44.3. The third kappa shape index (κ3) is 6.76. The zero-order valence-electron chi connectivity index (χ0n) is 22.5. The van der Waals surface area contributed by atoms with Crippen LogP contribution in [0, 0.1) is 6.92 Å². The van der Waals surface area contributed by atoms with E-state index < -0.39 is 5.97 Å². The summed E-state index contributed by atoms with van der Waals surface area (Å²) in [6, 6.07) is 26.4. The Bertz CT molecular complexity index is 1810. The topological polar surface area (TPSA) is 72.8 Å². The van der Waals surface area contributed by atoms with Crippen LogP contribution in [0.5, 0.6) is 0 Å². The Morgan fingerprint density at radius 2 is 1.54 bits per heavy atom. The number of oxime groups is 1. The molecule has 5 rings (SSSR count). The highest BCUT2D eigenvalue weighted by atomic mass is 35.5. The predicted octanol–water partition coefficient (Wildman–Crippen LogP) is 8.92. The lowest BCUT2D eigenvalue weighted by atomic mass is 9.97. The highest BCUT2D eigenvalue weighted by molar-refractivity contribution is 7.99. The molecule has 5 nitrogen and oxygen atoms in total. The normalized spacial score (nSPS) is 11.6. The SMILES string of the molecule is CC(=O)O/N=C(\CCCSc1ccc(Cl)cc1)C(=O)c1ccc2sc3ccc(C(=O)c4ccccc4C)cc3c2c1. The number of thioether (sulfide) groups is 1. The van der Waals surface area contributed by atoms with Crippen LogP contribution in [-0.2, 0) is 9.63 Å². The number of thiophene rings is 1. The van der Waals surface area contributed by atoms with E-state index >= 15 is 0 Å². The molecule has 0 amide bonds. The molecule has 0 saturated heterocycles. The molecule has 0 aliphatic carbocycles. The van der Waals surface area contributed by atoms with Crippen molar-refractivity contribution in [3.8, 4) is 0 Å². The summed E-state index contributed by atoms with van der Waals surface area (Å²) in [5, 5.41) is 6.40. The second-order valence-corrected chi connectivity index (χ2v) is 12.2. The molecule has 1 aromatic heterocycles. The van der Waals surface area contributed by atoms with E-state index in [-0.39, 0.29) is 17.3 Å². The van der Waals surface area contributed by atoms with Crippen LogP contribution in [0.25, 0.3) is 20.2 Å². The van der Waals surface area contributed by atoms with Crippen LogP contribution in [0.15, 0.2) is 95.0 Å². The minimum absolute atomic E-state index is 0.0381. The molecule has 0 saturated carbocycles. The van der Waals surface area contributed by atoms with Crippen molar-refractivity contribution in [1.29, 1.82) is 0 Å². The fourth-order valence-corrected chi connectivity index (χ4v) is 6.54. The van der Waals surface area contributed by atoms with Gasteiger partial charge in [-0.15, -0.1) is 23.1 Å². The third-order valence-electron chi connectivity index (χ3n) is 6.57. The van der Waals surface area contributed by atoms with Crippen LogP contribution >= 0.6 is 34.7 Å².